The first-order valence-electron chi connectivity index (χ1n) is 8.04. The summed E-state index contributed by atoms with van der Waals surface area (Å²) in [6, 6.07) is 0. The molecule has 1 atom stereocenters. The van der Waals surface area contributed by atoms with Gasteiger partial charge in [-0.05, 0) is 25.7 Å². The summed E-state index contributed by atoms with van der Waals surface area (Å²) in [6.07, 6.45) is 11.1. The SMILES string of the molecule is NC(=O)C1(c2cnccn2)CCCN1C(=O)C1CCCCC1. The van der Waals surface area contributed by atoms with Crippen LogP contribution in [0.5, 0.6) is 0 Å². The molecule has 0 aromatic carbocycles. The average Bonchev–Trinajstić information content (AvgIpc) is 3.02. The smallest absolute Gasteiger partial charge is 0.249 e. The van der Waals surface area contributed by atoms with Crippen LogP contribution in [-0.4, -0.2) is 33.2 Å². The fourth-order valence-electron chi connectivity index (χ4n) is 3.85. The summed E-state index contributed by atoms with van der Waals surface area (Å²) in [5.41, 5.74) is 5.09. The Morgan fingerprint density at radius 1 is 1.18 bits per heavy atom. The molecule has 0 bridgehead atoms. The third kappa shape index (κ3) is 2.36. The number of nitrogens with two attached hydrogens (primary N) is 1. The van der Waals surface area contributed by atoms with E-state index in [1.165, 1.54) is 6.42 Å². The van der Waals surface area contributed by atoms with Crippen LogP contribution in [0, 0.1) is 5.92 Å². The normalized spacial score (nSPS) is 26.1. The molecule has 118 valence electrons. The Balaban J connectivity index is 1.95. The molecule has 3 rings (SSSR count). The number of nitrogens with zero attached hydrogens (tertiary/aromatic N) is 3. The van der Waals surface area contributed by atoms with E-state index in [2.05, 4.69) is 9.97 Å². The Bertz CT molecular complexity index is 557. The van der Waals surface area contributed by atoms with E-state index >= 15 is 0 Å². The Labute approximate surface area is 130 Å². The molecule has 1 aliphatic heterocycles. The molecule has 6 nitrogen and oxygen atoms in total. The maximum Gasteiger partial charge on any atom is 0.249 e. The largest absolute Gasteiger partial charge is 0.367 e. The van der Waals surface area contributed by atoms with Crippen LogP contribution < -0.4 is 5.73 Å². The zero-order chi connectivity index (χ0) is 15.6. The number of hydrogen-bond donors (Lipinski definition) is 1. The van der Waals surface area contributed by atoms with Gasteiger partial charge in [-0.2, -0.15) is 0 Å². The maximum absolute atomic E-state index is 13.0. The molecule has 1 aromatic rings. The van der Waals surface area contributed by atoms with Gasteiger partial charge in [0, 0.05) is 24.9 Å². The first kappa shape index (κ1) is 14.9. The summed E-state index contributed by atoms with van der Waals surface area (Å²) >= 11 is 0. The second kappa shape index (κ2) is 6.02. The summed E-state index contributed by atoms with van der Waals surface area (Å²) in [5, 5.41) is 0. The molecular weight excluding hydrogens is 280 g/mol. The fraction of sp³-hybridized carbons (Fsp3) is 0.625. The monoisotopic (exact) mass is 302 g/mol. The molecule has 1 unspecified atom stereocenters. The van der Waals surface area contributed by atoms with Crippen molar-refractivity contribution < 1.29 is 9.59 Å². The van der Waals surface area contributed by atoms with E-state index in [1.807, 2.05) is 0 Å². The highest BCUT2D eigenvalue weighted by Gasteiger charge is 2.52. The Kier molecular flexibility index (Phi) is 4.09. The topological polar surface area (TPSA) is 89.2 Å². The minimum atomic E-state index is -1.12. The van der Waals surface area contributed by atoms with Crippen molar-refractivity contribution in [3.8, 4) is 0 Å². The first-order valence-corrected chi connectivity index (χ1v) is 8.04. The molecule has 6 heteroatoms. The number of hydrogen-bond acceptors (Lipinski definition) is 4. The number of aromatic nitrogens is 2. The Morgan fingerprint density at radius 3 is 2.59 bits per heavy atom. The lowest BCUT2D eigenvalue weighted by molar-refractivity contribution is -0.148. The molecule has 1 aliphatic carbocycles. The van der Waals surface area contributed by atoms with E-state index in [4.69, 9.17) is 5.73 Å². The second-order valence-corrected chi connectivity index (χ2v) is 6.24. The highest BCUT2D eigenvalue weighted by Crippen LogP contribution is 2.40. The van der Waals surface area contributed by atoms with Crippen molar-refractivity contribution in [1.29, 1.82) is 0 Å². The molecule has 0 spiro atoms. The minimum absolute atomic E-state index is 0.0160. The van der Waals surface area contributed by atoms with Gasteiger partial charge in [0.2, 0.25) is 11.8 Å². The van der Waals surface area contributed by atoms with Crippen molar-refractivity contribution in [3.05, 3.63) is 24.3 Å². The van der Waals surface area contributed by atoms with E-state index in [0.29, 0.717) is 18.7 Å². The molecule has 1 saturated heterocycles. The number of primary amides is 1. The summed E-state index contributed by atoms with van der Waals surface area (Å²) in [5.74, 6) is -0.432. The van der Waals surface area contributed by atoms with Crippen LogP contribution in [0.15, 0.2) is 18.6 Å². The van der Waals surface area contributed by atoms with E-state index in [0.717, 1.165) is 32.1 Å². The highest BCUT2D eigenvalue weighted by molar-refractivity contribution is 5.92. The van der Waals surface area contributed by atoms with Crippen molar-refractivity contribution in [2.24, 2.45) is 11.7 Å². The van der Waals surface area contributed by atoms with Crippen molar-refractivity contribution in [2.75, 3.05) is 6.54 Å². The van der Waals surface area contributed by atoms with Gasteiger partial charge in [0.25, 0.3) is 0 Å². The molecule has 2 heterocycles. The van der Waals surface area contributed by atoms with Gasteiger partial charge in [-0.1, -0.05) is 19.3 Å². The second-order valence-electron chi connectivity index (χ2n) is 6.24. The van der Waals surface area contributed by atoms with Crippen LogP contribution in [0.4, 0.5) is 0 Å². The first-order chi connectivity index (χ1) is 10.7. The summed E-state index contributed by atoms with van der Waals surface area (Å²) < 4.78 is 0. The molecule has 0 radical (unpaired) electrons. The van der Waals surface area contributed by atoms with Gasteiger partial charge in [0.1, 0.15) is 0 Å². The van der Waals surface area contributed by atoms with Crippen molar-refractivity contribution in [2.45, 2.75) is 50.5 Å². The lowest BCUT2D eigenvalue weighted by Gasteiger charge is -2.37. The van der Waals surface area contributed by atoms with Crippen LogP contribution in [-0.2, 0) is 15.1 Å². The van der Waals surface area contributed by atoms with Gasteiger partial charge < -0.3 is 10.6 Å². The highest BCUT2D eigenvalue weighted by atomic mass is 16.2. The summed E-state index contributed by atoms with van der Waals surface area (Å²) in [6.45, 7) is 0.564. The lowest BCUT2D eigenvalue weighted by atomic mass is 9.85. The zero-order valence-corrected chi connectivity index (χ0v) is 12.7. The molecule has 1 saturated carbocycles. The summed E-state index contributed by atoms with van der Waals surface area (Å²) in [4.78, 5) is 35.3. The molecular formula is C16H22N4O2. The van der Waals surface area contributed by atoms with Gasteiger partial charge in [0.05, 0.1) is 11.9 Å². The third-order valence-electron chi connectivity index (χ3n) is 5.00. The van der Waals surface area contributed by atoms with Crippen LogP contribution in [0.3, 0.4) is 0 Å². The zero-order valence-electron chi connectivity index (χ0n) is 12.7. The van der Waals surface area contributed by atoms with Crippen molar-refractivity contribution in [3.63, 3.8) is 0 Å². The third-order valence-corrected chi connectivity index (χ3v) is 5.00. The fourth-order valence-corrected chi connectivity index (χ4v) is 3.85. The number of carbonyl (C=O) groups excluding carboxylic acids is 2. The van der Waals surface area contributed by atoms with E-state index in [9.17, 15) is 9.59 Å². The molecule has 2 fully saturated rings. The molecule has 1 aromatic heterocycles. The predicted molar refractivity (Wildman–Crippen MR) is 80.4 cm³/mol. The van der Waals surface area contributed by atoms with Gasteiger partial charge in [-0.25, -0.2) is 0 Å². The maximum atomic E-state index is 13.0. The van der Waals surface area contributed by atoms with Gasteiger partial charge in [-0.15, -0.1) is 0 Å². The summed E-state index contributed by atoms with van der Waals surface area (Å²) in [7, 11) is 0. The minimum Gasteiger partial charge on any atom is -0.367 e. The van der Waals surface area contributed by atoms with Gasteiger partial charge in [-0.3, -0.25) is 19.6 Å². The number of likely N-dealkylation sites (tertiary alicyclic amines) is 1. The van der Waals surface area contributed by atoms with E-state index in [1.54, 1.807) is 23.5 Å². The predicted octanol–water partition coefficient (Wildman–Crippen LogP) is 1.36. The van der Waals surface area contributed by atoms with Crippen LogP contribution in [0.25, 0.3) is 0 Å². The standard InChI is InChI=1S/C16H22N4O2/c17-15(22)16(13-11-18-8-9-19-13)7-4-10-20(16)14(21)12-5-2-1-3-6-12/h8-9,11-12H,1-7,10H2,(H2,17,22). The van der Waals surface area contributed by atoms with Gasteiger partial charge >= 0.3 is 0 Å². The Morgan fingerprint density at radius 2 is 1.95 bits per heavy atom. The van der Waals surface area contributed by atoms with Crippen LogP contribution in [0.2, 0.25) is 0 Å². The van der Waals surface area contributed by atoms with Crippen molar-refractivity contribution in [1.82, 2.24) is 14.9 Å². The van der Waals surface area contributed by atoms with E-state index < -0.39 is 11.4 Å². The van der Waals surface area contributed by atoms with E-state index in [-0.39, 0.29) is 11.8 Å². The molecule has 2 amide bonds. The number of rotatable bonds is 3. The number of amides is 2. The number of carbonyl (C=O) groups is 2. The molecule has 2 N–H and O–H groups in total. The van der Waals surface area contributed by atoms with Crippen LogP contribution in [0.1, 0.15) is 50.6 Å². The Hall–Kier alpha value is -1.98. The molecule has 22 heavy (non-hydrogen) atoms. The average molecular weight is 302 g/mol. The quantitative estimate of drug-likeness (QED) is 0.913. The van der Waals surface area contributed by atoms with Crippen molar-refractivity contribution >= 4 is 11.8 Å². The lowest BCUT2D eigenvalue weighted by Crippen LogP contribution is -2.55. The van der Waals surface area contributed by atoms with Gasteiger partial charge in [0.15, 0.2) is 5.54 Å². The van der Waals surface area contributed by atoms with Crippen LogP contribution >= 0.6 is 0 Å². The molecule has 2 aliphatic rings.